The van der Waals surface area contributed by atoms with Crippen molar-refractivity contribution < 1.29 is 13.9 Å². The number of benzene rings is 1. The highest BCUT2D eigenvalue weighted by Crippen LogP contribution is 2.33. The smallest absolute Gasteiger partial charge is 0.319 e. The first-order valence-corrected chi connectivity index (χ1v) is 11.7. The number of morpholine rings is 1. The molecule has 2 aromatic rings. The summed E-state index contributed by atoms with van der Waals surface area (Å²) in [5.74, 6) is 0.274. The Bertz CT molecular complexity index is 982. The molecule has 4 atom stereocenters. The van der Waals surface area contributed by atoms with Crippen molar-refractivity contribution in [1.29, 1.82) is 0 Å². The van der Waals surface area contributed by atoms with E-state index in [0.717, 1.165) is 58.5 Å². The highest BCUT2D eigenvalue weighted by molar-refractivity contribution is 6.31. The van der Waals surface area contributed by atoms with Crippen LogP contribution in [0.2, 0.25) is 5.02 Å². The van der Waals surface area contributed by atoms with E-state index in [1.165, 1.54) is 6.07 Å². The maximum atomic E-state index is 14.7. The van der Waals surface area contributed by atoms with Crippen LogP contribution in [0.4, 0.5) is 10.2 Å². The van der Waals surface area contributed by atoms with Crippen molar-refractivity contribution >= 4 is 28.3 Å². The Morgan fingerprint density at radius 3 is 2.77 bits per heavy atom. The minimum Gasteiger partial charge on any atom is -0.463 e. The monoisotopic (exact) mass is 447 g/mol. The molecule has 31 heavy (non-hydrogen) atoms. The molecular formula is C22H27ClFN5O2. The van der Waals surface area contributed by atoms with Gasteiger partial charge in [0, 0.05) is 54.7 Å². The SMILES string of the molecule is Fc1cc(Cl)cc2c(N3C[C@H]4CC[C@@H](C3)N4)nc(OCCCN3C[C@H]4C[C@@H]3CO4)nc12. The van der Waals surface area contributed by atoms with E-state index < -0.39 is 5.82 Å². The first-order valence-electron chi connectivity index (χ1n) is 11.3. The molecule has 9 heteroatoms. The Kier molecular flexibility index (Phi) is 5.13. The van der Waals surface area contributed by atoms with Crippen LogP contribution < -0.4 is 15.0 Å². The lowest BCUT2D eigenvalue weighted by Crippen LogP contribution is -2.51. The summed E-state index contributed by atoms with van der Waals surface area (Å²) in [4.78, 5) is 13.8. The van der Waals surface area contributed by atoms with Gasteiger partial charge in [-0.05, 0) is 37.8 Å². The lowest BCUT2D eigenvalue weighted by atomic mass is 10.1. The molecule has 1 aromatic heterocycles. The zero-order chi connectivity index (χ0) is 20.9. The quantitative estimate of drug-likeness (QED) is 0.683. The second kappa shape index (κ2) is 7.99. The Morgan fingerprint density at radius 2 is 2.03 bits per heavy atom. The van der Waals surface area contributed by atoms with Crippen molar-refractivity contribution in [2.45, 2.75) is 49.9 Å². The first-order chi connectivity index (χ1) is 15.1. The van der Waals surface area contributed by atoms with E-state index in [1.54, 1.807) is 6.07 Å². The van der Waals surface area contributed by atoms with Gasteiger partial charge in [-0.1, -0.05) is 11.6 Å². The van der Waals surface area contributed by atoms with Gasteiger partial charge in [0.2, 0.25) is 0 Å². The minimum absolute atomic E-state index is 0.237. The molecule has 1 aromatic carbocycles. The van der Waals surface area contributed by atoms with E-state index in [2.05, 4.69) is 20.1 Å². The van der Waals surface area contributed by atoms with Crippen molar-refractivity contribution in [3.63, 3.8) is 0 Å². The third-order valence-electron chi connectivity index (χ3n) is 7.03. The third-order valence-corrected chi connectivity index (χ3v) is 7.25. The molecule has 1 N–H and O–H groups in total. The number of piperazine rings is 1. The fourth-order valence-corrected chi connectivity index (χ4v) is 5.79. The van der Waals surface area contributed by atoms with Gasteiger partial charge in [-0.2, -0.15) is 9.97 Å². The predicted octanol–water partition coefficient (Wildman–Crippen LogP) is 2.60. The molecule has 0 saturated carbocycles. The normalized spacial score (nSPS) is 29.9. The maximum Gasteiger partial charge on any atom is 0.319 e. The molecule has 6 rings (SSSR count). The van der Waals surface area contributed by atoms with Crippen molar-refractivity contribution in [1.82, 2.24) is 20.2 Å². The molecule has 0 radical (unpaired) electrons. The van der Waals surface area contributed by atoms with Crippen LogP contribution in [-0.2, 0) is 4.74 Å². The summed E-state index contributed by atoms with van der Waals surface area (Å²) in [5.41, 5.74) is 0.268. The summed E-state index contributed by atoms with van der Waals surface area (Å²) in [6.45, 7) is 5.01. The van der Waals surface area contributed by atoms with Crippen LogP contribution in [0.5, 0.6) is 6.01 Å². The number of hydrogen-bond acceptors (Lipinski definition) is 7. The Balaban J connectivity index is 1.21. The number of aromatic nitrogens is 2. The molecule has 4 saturated heterocycles. The molecule has 0 unspecified atom stereocenters. The molecule has 0 amide bonds. The molecule has 5 heterocycles. The summed E-state index contributed by atoms with van der Waals surface area (Å²) in [6.07, 6.45) is 4.74. The predicted molar refractivity (Wildman–Crippen MR) is 116 cm³/mol. The summed E-state index contributed by atoms with van der Waals surface area (Å²) >= 11 is 6.16. The number of likely N-dealkylation sites (tertiary alicyclic amines) is 1. The average Bonchev–Trinajstić information content (AvgIpc) is 3.47. The van der Waals surface area contributed by atoms with Crippen LogP contribution in [0.25, 0.3) is 10.9 Å². The van der Waals surface area contributed by atoms with Gasteiger partial charge in [-0.25, -0.2) is 4.39 Å². The fraction of sp³-hybridized carbons (Fsp3) is 0.636. The first kappa shape index (κ1) is 19.9. The van der Waals surface area contributed by atoms with E-state index >= 15 is 0 Å². The Labute approximate surface area is 185 Å². The molecule has 4 aliphatic rings. The maximum absolute atomic E-state index is 14.7. The molecule has 4 fully saturated rings. The molecule has 7 nitrogen and oxygen atoms in total. The van der Waals surface area contributed by atoms with Gasteiger partial charge in [-0.15, -0.1) is 0 Å². The van der Waals surface area contributed by atoms with Crippen molar-refractivity contribution in [3.8, 4) is 6.01 Å². The van der Waals surface area contributed by atoms with E-state index in [0.29, 0.717) is 47.1 Å². The van der Waals surface area contributed by atoms with Gasteiger partial charge >= 0.3 is 6.01 Å². The second-order valence-corrected chi connectivity index (χ2v) is 9.63. The molecule has 166 valence electrons. The van der Waals surface area contributed by atoms with Gasteiger partial charge in [0.15, 0.2) is 5.82 Å². The van der Waals surface area contributed by atoms with Crippen LogP contribution in [-0.4, -0.2) is 78.5 Å². The number of anilines is 1. The van der Waals surface area contributed by atoms with Gasteiger partial charge in [-0.3, -0.25) is 4.90 Å². The Hall–Kier alpha value is -1.74. The summed E-state index contributed by atoms with van der Waals surface area (Å²) in [5, 5.41) is 4.62. The minimum atomic E-state index is -0.442. The van der Waals surface area contributed by atoms with Crippen LogP contribution >= 0.6 is 11.6 Å². The van der Waals surface area contributed by atoms with E-state index in [4.69, 9.17) is 26.1 Å². The van der Waals surface area contributed by atoms with Crippen LogP contribution in [0.3, 0.4) is 0 Å². The summed E-state index contributed by atoms with van der Waals surface area (Å²) < 4.78 is 26.3. The van der Waals surface area contributed by atoms with Crippen molar-refractivity contribution in [2.75, 3.05) is 44.3 Å². The van der Waals surface area contributed by atoms with E-state index in [9.17, 15) is 4.39 Å². The number of rotatable bonds is 6. The van der Waals surface area contributed by atoms with E-state index in [1.807, 2.05) is 0 Å². The number of fused-ring (bicyclic) bond motifs is 5. The Morgan fingerprint density at radius 1 is 1.19 bits per heavy atom. The van der Waals surface area contributed by atoms with Crippen LogP contribution in [0.15, 0.2) is 12.1 Å². The van der Waals surface area contributed by atoms with Crippen molar-refractivity contribution in [2.24, 2.45) is 0 Å². The molecule has 0 aliphatic carbocycles. The average molecular weight is 448 g/mol. The standard InChI is InChI=1S/C22H27ClFN5O2/c23-13-6-18-20(19(24)7-13)26-22(27-21(18)29-9-14-2-3-15(10-29)25-14)30-5-1-4-28-11-17-8-16(28)12-31-17/h6-7,14-17,25H,1-5,8-12H2/t14-,15+,16-,17-/m1/s1. The van der Waals surface area contributed by atoms with Crippen molar-refractivity contribution in [3.05, 3.63) is 23.0 Å². The number of hydrogen-bond donors (Lipinski definition) is 1. The lowest BCUT2D eigenvalue weighted by Gasteiger charge is -2.34. The highest BCUT2D eigenvalue weighted by Gasteiger charge is 2.38. The van der Waals surface area contributed by atoms with Crippen LogP contribution in [0.1, 0.15) is 25.7 Å². The van der Waals surface area contributed by atoms with Gasteiger partial charge in [0.05, 0.1) is 19.3 Å². The van der Waals surface area contributed by atoms with Gasteiger partial charge < -0.3 is 19.7 Å². The number of halogens is 2. The molecule has 4 bridgehead atoms. The van der Waals surface area contributed by atoms with Crippen LogP contribution in [0, 0.1) is 5.82 Å². The molecule has 0 spiro atoms. The zero-order valence-corrected chi connectivity index (χ0v) is 18.2. The van der Waals surface area contributed by atoms with Gasteiger partial charge in [0.25, 0.3) is 0 Å². The second-order valence-electron chi connectivity index (χ2n) is 9.20. The number of ether oxygens (including phenoxy) is 2. The molecule has 4 aliphatic heterocycles. The summed E-state index contributed by atoms with van der Waals surface area (Å²) in [6, 6.07) is 4.73. The topological polar surface area (TPSA) is 62.8 Å². The summed E-state index contributed by atoms with van der Waals surface area (Å²) in [7, 11) is 0. The highest BCUT2D eigenvalue weighted by atomic mass is 35.5. The van der Waals surface area contributed by atoms with Gasteiger partial charge in [0.1, 0.15) is 11.3 Å². The number of nitrogens with one attached hydrogen (secondary N) is 1. The zero-order valence-electron chi connectivity index (χ0n) is 17.4. The fourth-order valence-electron chi connectivity index (χ4n) is 5.58. The number of nitrogens with zero attached hydrogens (tertiary/aromatic N) is 4. The molecular weight excluding hydrogens is 421 g/mol. The van der Waals surface area contributed by atoms with E-state index in [-0.39, 0.29) is 11.5 Å². The lowest BCUT2D eigenvalue weighted by molar-refractivity contribution is 0.0287. The largest absolute Gasteiger partial charge is 0.463 e. The third kappa shape index (κ3) is 3.84.